The van der Waals surface area contributed by atoms with E-state index in [0.29, 0.717) is 18.2 Å². The van der Waals surface area contributed by atoms with Crippen molar-refractivity contribution >= 4 is 17.3 Å². The molecule has 0 aliphatic heterocycles. The Balaban J connectivity index is 1.47. The largest absolute Gasteiger partial charge is 0.354 e. The third-order valence-electron chi connectivity index (χ3n) is 4.36. The number of anilines is 1. The van der Waals surface area contributed by atoms with E-state index in [1.54, 1.807) is 18.5 Å². The first-order valence-electron chi connectivity index (χ1n) is 9.19. The number of nitrogens with zero attached hydrogens (tertiary/aromatic N) is 5. The molecule has 3 aromatic heterocycles. The van der Waals surface area contributed by atoms with Crippen LogP contribution in [0.15, 0.2) is 72.5 Å². The smallest absolute Gasteiger partial charge is 0.222 e. The molecule has 0 fully saturated rings. The van der Waals surface area contributed by atoms with Crippen LogP contribution in [-0.4, -0.2) is 26.5 Å². The third-order valence-corrected chi connectivity index (χ3v) is 5.27. The van der Waals surface area contributed by atoms with Crippen LogP contribution < -0.4 is 5.32 Å². The van der Waals surface area contributed by atoms with Gasteiger partial charge in [-0.1, -0.05) is 36.4 Å². The zero-order chi connectivity index (χ0) is 19.9. The third kappa shape index (κ3) is 4.62. The second-order valence-corrected chi connectivity index (χ2v) is 7.23. The van der Waals surface area contributed by atoms with Crippen LogP contribution in [0.1, 0.15) is 22.2 Å². The molecule has 7 heteroatoms. The van der Waals surface area contributed by atoms with E-state index < -0.39 is 5.92 Å². The SMILES string of the molecule is N#CC(c1ccnc(NCCc2cccnc2)n1)c1nc(-c2ccccc2)cs1. The molecule has 1 atom stereocenters. The van der Waals surface area contributed by atoms with E-state index in [9.17, 15) is 5.26 Å². The van der Waals surface area contributed by atoms with Crippen LogP contribution in [0.2, 0.25) is 0 Å². The highest BCUT2D eigenvalue weighted by molar-refractivity contribution is 7.10. The molecule has 0 saturated heterocycles. The van der Waals surface area contributed by atoms with E-state index in [4.69, 9.17) is 0 Å². The lowest BCUT2D eigenvalue weighted by Crippen LogP contribution is -2.10. The number of thiazole rings is 1. The fraction of sp³-hybridized carbons (Fsp3) is 0.136. The minimum Gasteiger partial charge on any atom is -0.354 e. The summed E-state index contributed by atoms with van der Waals surface area (Å²) in [7, 11) is 0. The summed E-state index contributed by atoms with van der Waals surface area (Å²) in [5.41, 5.74) is 3.68. The number of pyridine rings is 1. The first-order chi connectivity index (χ1) is 14.3. The predicted molar refractivity (Wildman–Crippen MR) is 113 cm³/mol. The van der Waals surface area contributed by atoms with Crippen molar-refractivity contribution in [2.45, 2.75) is 12.3 Å². The van der Waals surface area contributed by atoms with Gasteiger partial charge in [0.15, 0.2) is 0 Å². The zero-order valence-electron chi connectivity index (χ0n) is 15.6. The summed E-state index contributed by atoms with van der Waals surface area (Å²) < 4.78 is 0. The van der Waals surface area contributed by atoms with E-state index in [2.05, 4.69) is 31.3 Å². The standard InChI is InChI=1S/C22H18N6S/c23-13-18(21-27-20(15-29-21)17-6-2-1-3-7-17)19-9-12-26-22(28-19)25-11-8-16-5-4-10-24-14-16/h1-7,9-10,12,14-15,18H,8,11H2,(H,25,26,28). The number of rotatable bonds is 7. The van der Waals surface area contributed by atoms with Gasteiger partial charge < -0.3 is 5.32 Å². The van der Waals surface area contributed by atoms with E-state index in [1.807, 2.05) is 54.0 Å². The zero-order valence-corrected chi connectivity index (χ0v) is 16.4. The van der Waals surface area contributed by atoms with Gasteiger partial charge >= 0.3 is 0 Å². The second-order valence-electron chi connectivity index (χ2n) is 6.34. The normalized spacial score (nSPS) is 11.6. The van der Waals surface area contributed by atoms with Crippen LogP contribution in [0.4, 0.5) is 5.95 Å². The molecule has 0 aliphatic rings. The van der Waals surface area contributed by atoms with Crippen LogP contribution in [-0.2, 0) is 6.42 Å². The molecule has 0 radical (unpaired) electrons. The molecule has 0 amide bonds. The summed E-state index contributed by atoms with van der Waals surface area (Å²) in [4.78, 5) is 17.6. The summed E-state index contributed by atoms with van der Waals surface area (Å²) in [6.45, 7) is 0.682. The Hall–Kier alpha value is -3.63. The molecule has 29 heavy (non-hydrogen) atoms. The molecule has 4 rings (SSSR count). The van der Waals surface area contributed by atoms with E-state index in [-0.39, 0.29) is 0 Å². The van der Waals surface area contributed by atoms with Crippen molar-refractivity contribution in [3.05, 3.63) is 88.8 Å². The molecular formula is C22H18N6S. The number of benzene rings is 1. The molecule has 0 saturated carbocycles. The van der Waals surface area contributed by atoms with Gasteiger partial charge in [0, 0.05) is 36.1 Å². The van der Waals surface area contributed by atoms with Gasteiger partial charge in [-0.2, -0.15) is 5.26 Å². The Bertz CT molecular complexity index is 1100. The average Bonchev–Trinajstić information content (AvgIpc) is 3.26. The highest BCUT2D eigenvalue weighted by atomic mass is 32.1. The average molecular weight is 398 g/mol. The fourth-order valence-electron chi connectivity index (χ4n) is 2.89. The van der Waals surface area contributed by atoms with Crippen molar-refractivity contribution in [2.24, 2.45) is 0 Å². The van der Waals surface area contributed by atoms with Crippen LogP contribution >= 0.6 is 11.3 Å². The Morgan fingerprint density at radius 1 is 1.03 bits per heavy atom. The van der Waals surface area contributed by atoms with E-state index in [0.717, 1.165) is 28.2 Å². The molecule has 0 bridgehead atoms. The minimum atomic E-state index is -0.528. The van der Waals surface area contributed by atoms with Gasteiger partial charge in [0.25, 0.3) is 0 Å². The number of nitriles is 1. The maximum absolute atomic E-state index is 9.76. The van der Waals surface area contributed by atoms with E-state index >= 15 is 0 Å². The Labute approximate surface area is 173 Å². The monoisotopic (exact) mass is 398 g/mol. The Morgan fingerprint density at radius 2 is 1.93 bits per heavy atom. The summed E-state index contributed by atoms with van der Waals surface area (Å²) >= 11 is 1.47. The fourth-order valence-corrected chi connectivity index (χ4v) is 3.77. The van der Waals surface area contributed by atoms with Gasteiger partial charge in [0.05, 0.1) is 17.5 Å². The lowest BCUT2D eigenvalue weighted by molar-refractivity contribution is 0.913. The summed E-state index contributed by atoms with van der Waals surface area (Å²) in [5, 5.41) is 15.7. The number of hydrogen-bond acceptors (Lipinski definition) is 7. The first-order valence-corrected chi connectivity index (χ1v) is 10.1. The van der Waals surface area contributed by atoms with Crippen molar-refractivity contribution in [1.82, 2.24) is 19.9 Å². The number of hydrogen-bond donors (Lipinski definition) is 1. The highest BCUT2D eigenvalue weighted by Crippen LogP contribution is 2.29. The van der Waals surface area contributed by atoms with Crippen LogP contribution in [0, 0.1) is 11.3 Å². The molecule has 6 nitrogen and oxygen atoms in total. The van der Waals surface area contributed by atoms with Crippen molar-refractivity contribution in [3.63, 3.8) is 0 Å². The molecule has 1 aromatic carbocycles. The van der Waals surface area contributed by atoms with E-state index in [1.165, 1.54) is 11.3 Å². The topological polar surface area (TPSA) is 87.4 Å². The van der Waals surface area contributed by atoms with Gasteiger partial charge in [0.1, 0.15) is 10.9 Å². The van der Waals surface area contributed by atoms with Crippen molar-refractivity contribution in [2.75, 3.05) is 11.9 Å². The highest BCUT2D eigenvalue weighted by Gasteiger charge is 2.20. The predicted octanol–water partition coefficient (Wildman–Crippen LogP) is 4.31. The molecule has 1 N–H and O–H groups in total. The molecular weight excluding hydrogens is 380 g/mol. The maximum Gasteiger partial charge on any atom is 0.222 e. The molecule has 3 heterocycles. The van der Waals surface area contributed by atoms with Crippen molar-refractivity contribution < 1.29 is 0 Å². The Morgan fingerprint density at radius 3 is 2.72 bits per heavy atom. The molecule has 142 valence electrons. The molecule has 0 aliphatic carbocycles. The van der Waals surface area contributed by atoms with Gasteiger partial charge in [-0.3, -0.25) is 4.98 Å². The quantitative estimate of drug-likeness (QED) is 0.499. The lowest BCUT2D eigenvalue weighted by Gasteiger charge is -2.09. The summed E-state index contributed by atoms with van der Waals surface area (Å²) in [6, 6.07) is 18.0. The van der Waals surface area contributed by atoms with Crippen LogP contribution in [0.25, 0.3) is 11.3 Å². The van der Waals surface area contributed by atoms with Crippen molar-refractivity contribution in [3.8, 4) is 17.3 Å². The minimum absolute atomic E-state index is 0.506. The molecule has 1 unspecified atom stereocenters. The molecule has 0 spiro atoms. The second kappa shape index (κ2) is 9.04. The maximum atomic E-state index is 9.76. The summed E-state index contributed by atoms with van der Waals surface area (Å²) in [6.07, 6.45) is 6.09. The van der Waals surface area contributed by atoms with Crippen molar-refractivity contribution in [1.29, 1.82) is 5.26 Å². The number of aromatic nitrogens is 4. The number of nitrogens with one attached hydrogen (secondary N) is 1. The van der Waals surface area contributed by atoms with Gasteiger partial charge in [-0.05, 0) is 24.1 Å². The van der Waals surface area contributed by atoms with Gasteiger partial charge in [-0.25, -0.2) is 15.0 Å². The Kier molecular flexibility index (Phi) is 5.84. The van der Waals surface area contributed by atoms with Crippen LogP contribution in [0.5, 0.6) is 0 Å². The lowest BCUT2D eigenvalue weighted by atomic mass is 10.1. The van der Waals surface area contributed by atoms with Gasteiger partial charge in [0.2, 0.25) is 5.95 Å². The first kappa shape index (κ1) is 18.7. The molecule has 4 aromatic rings. The summed E-state index contributed by atoms with van der Waals surface area (Å²) in [5.74, 6) is -0.0224. The van der Waals surface area contributed by atoms with Gasteiger partial charge in [-0.15, -0.1) is 11.3 Å². The van der Waals surface area contributed by atoms with Crippen LogP contribution in [0.3, 0.4) is 0 Å².